The number of hydrogen-bond acceptors (Lipinski definition) is 4. The molecule has 0 aromatic heterocycles. The molecule has 0 heterocycles. The van der Waals surface area contributed by atoms with Gasteiger partial charge in [0.25, 0.3) is 0 Å². The number of carboxylic acids is 1. The highest BCUT2D eigenvalue weighted by Gasteiger charge is 2.19. The fourth-order valence-corrected chi connectivity index (χ4v) is 2.25. The summed E-state index contributed by atoms with van der Waals surface area (Å²) in [6, 6.07) is 18.1. The average Bonchev–Trinajstić information content (AvgIpc) is 2.49. The Morgan fingerprint density at radius 3 is 1.71 bits per heavy atom. The molecule has 2 aromatic carbocycles. The van der Waals surface area contributed by atoms with Crippen molar-refractivity contribution in [3.8, 4) is 0 Å². The Balaban J connectivity index is 2.19. The first kappa shape index (κ1) is 15.2. The fourth-order valence-electron chi connectivity index (χ4n) is 2.25. The molecule has 2 aromatic rings. The first-order valence-electron chi connectivity index (χ1n) is 6.84. The monoisotopic (exact) mass is 284 g/mol. The maximum absolute atomic E-state index is 11.2. The first-order chi connectivity index (χ1) is 10.2. The van der Waals surface area contributed by atoms with Gasteiger partial charge in [-0.2, -0.15) is 0 Å². The van der Waals surface area contributed by atoms with Crippen LogP contribution in [0.5, 0.6) is 0 Å². The lowest BCUT2D eigenvalue weighted by molar-refractivity contribution is -0.313. The van der Waals surface area contributed by atoms with Gasteiger partial charge in [0.15, 0.2) is 0 Å². The summed E-state index contributed by atoms with van der Waals surface area (Å²) in [5, 5.41) is 20.6. The van der Waals surface area contributed by atoms with Gasteiger partial charge < -0.3 is 15.0 Å². The molecule has 1 unspecified atom stereocenters. The van der Waals surface area contributed by atoms with Gasteiger partial charge in [-0.1, -0.05) is 60.7 Å². The van der Waals surface area contributed by atoms with Crippen molar-refractivity contribution in [2.75, 3.05) is 6.61 Å². The van der Waals surface area contributed by atoms with Crippen LogP contribution in [0.2, 0.25) is 0 Å². The second-order valence-corrected chi connectivity index (χ2v) is 4.89. The van der Waals surface area contributed by atoms with E-state index in [9.17, 15) is 15.0 Å². The Bertz CT molecular complexity index is 515. The molecule has 0 bridgehead atoms. The molecule has 0 saturated carbocycles. The van der Waals surface area contributed by atoms with Crippen molar-refractivity contribution in [2.24, 2.45) is 0 Å². The first-order valence-corrected chi connectivity index (χ1v) is 6.84. The van der Waals surface area contributed by atoms with Crippen LogP contribution in [0.15, 0.2) is 60.7 Å². The summed E-state index contributed by atoms with van der Waals surface area (Å²) >= 11 is 0. The summed E-state index contributed by atoms with van der Waals surface area (Å²) in [6.45, 7) is 0.409. The Kier molecular flexibility index (Phi) is 5.49. The Hall–Kier alpha value is -2.17. The summed E-state index contributed by atoms with van der Waals surface area (Å²) in [7, 11) is 0. The van der Waals surface area contributed by atoms with Gasteiger partial charge in [-0.25, -0.2) is 0 Å². The van der Waals surface area contributed by atoms with E-state index in [0.29, 0.717) is 13.1 Å². The maximum atomic E-state index is 11.2. The van der Waals surface area contributed by atoms with E-state index < -0.39 is 18.6 Å². The molecule has 0 aliphatic carbocycles. The molecule has 0 aliphatic heterocycles. The molecule has 4 nitrogen and oxygen atoms in total. The lowest BCUT2D eigenvalue weighted by Crippen LogP contribution is -2.49. The number of aliphatic hydroxyl groups is 1. The van der Waals surface area contributed by atoms with E-state index in [4.69, 9.17) is 0 Å². The zero-order chi connectivity index (χ0) is 15.1. The molecule has 0 radical (unpaired) electrons. The van der Waals surface area contributed by atoms with Crippen LogP contribution in [-0.4, -0.2) is 28.6 Å². The third-order valence-corrected chi connectivity index (χ3v) is 3.34. The van der Waals surface area contributed by atoms with E-state index in [1.807, 2.05) is 60.7 Å². The van der Waals surface area contributed by atoms with Crippen molar-refractivity contribution in [3.63, 3.8) is 0 Å². The summed E-state index contributed by atoms with van der Waals surface area (Å²) < 4.78 is 0. The molecule has 2 rings (SSSR count). The van der Waals surface area contributed by atoms with Crippen LogP contribution < -0.4 is 5.11 Å². The second kappa shape index (κ2) is 7.57. The molecular formula is C17H18NO3-. The van der Waals surface area contributed by atoms with Gasteiger partial charge in [0.2, 0.25) is 0 Å². The van der Waals surface area contributed by atoms with Crippen LogP contribution in [0.4, 0.5) is 0 Å². The molecule has 21 heavy (non-hydrogen) atoms. The number of carboxylic acid groups (broad SMARTS) is 1. The predicted octanol–water partition coefficient (Wildman–Crippen LogP) is 0.800. The quantitative estimate of drug-likeness (QED) is 0.817. The Morgan fingerprint density at radius 2 is 1.38 bits per heavy atom. The van der Waals surface area contributed by atoms with Crippen molar-refractivity contribution in [2.45, 2.75) is 19.1 Å². The number of benzene rings is 2. The zero-order valence-electron chi connectivity index (χ0n) is 11.7. The molecule has 1 atom stereocenters. The number of carbonyl (C=O) groups excluding carboxylic acids is 1. The number of rotatable bonds is 7. The van der Waals surface area contributed by atoms with Crippen LogP contribution >= 0.6 is 0 Å². The van der Waals surface area contributed by atoms with Gasteiger partial charge in [0, 0.05) is 13.1 Å². The number of aliphatic hydroxyl groups excluding tert-OH is 1. The fraction of sp³-hybridized carbons (Fsp3) is 0.235. The number of carbonyl (C=O) groups is 1. The van der Waals surface area contributed by atoms with Crippen LogP contribution in [0.1, 0.15) is 11.1 Å². The molecule has 0 aliphatic rings. The molecule has 0 amide bonds. The van der Waals surface area contributed by atoms with Gasteiger partial charge >= 0.3 is 0 Å². The molecule has 4 heteroatoms. The maximum Gasteiger partial charge on any atom is 0.0733 e. The Labute approximate surface area is 124 Å². The number of hydrogen-bond donors (Lipinski definition) is 1. The van der Waals surface area contributed by atoms with Gasteiger partial charge in [0.1, 0.15) is 0 Å². The number of nitrogens with zero attached hydrogens (tertiary/aromatic N) is 1. The van der Waals surface area contributed by atoms with Gasteiger partial charge in [-0.05, 0) is 11.1 Å². The minimum Gasteiger partial charge on any atom is -0.548 e. The van der Waals surface area contributed by atoms with Crippen molar-refractivity contribution in [1.29, 1.82) is 0 Å². The summed E-state index contributed by atoms with van der Waals surface area (Å²) in [5.41, 5.74) is 1.99. The largest absolute Gasteiger partial charge is 0.548 e. The van der Waals surface area contributed by atoms with Crippen LogP contribution in [-0.2, 0) is 17.9 Å². The number of aliphatic carboxylic acids is 1. The SMILES string of the molecule is O=C([O-])C(CO)N(Cc1ccccc1)Cc1ccccc1. The molecule has 1 N–H and O–H groups in total. The van der Waals surface area contributed by atoms with E-state index >= 15 is 0 Å². The van der Waals surface area contributed by atoms with Crippen LogP contribution in [0, 0.1) is 0 Å². The molecule has 0 saturated heterocycles. The van der Waals surface area contributed by atoms with Crippen LogP contribution in [0.3, 0.4) is 0 Å². The highest BCUT2D eigenvalue weighted by Crippen LogP contribution is 2.13. The summed E-state index contributed by atoms with van der Waals surface area (Å²) in [5.74, 6) is -1.26. The van der Waals surface area contributed by atoms with E-state index in [-0.39, 0.29) is 0 Å². The summed E-state index contributed by atoms with van der Waals surface area (Å²) in [4.78, 5) is 12.9. The molecule has 110 valence electrons. The lowest BCUT2D eigenvalue weighted by Gasteiger charge is -2.31. The Morgan fingerprint density at radius 1 is 0.952 bits per heavy atom. The minimum absolute atomic E-state index is 0.439. The molecule has 0 spiro atoms. The van der Waals surface area contributed by atoms with Crippen molar-refractivity contribution < 1.29 is 15.0 Å². The van der Waals surface area contributed by atoms with Gasteiger partial charge in [-0.15, -0.1) is 0 Å². The average molecular weight is 284 g/mol. The van der Waals surface area contributed by atoms with E-state index in [0.717, 1.165) is 11.1 Å². The van der Waals surface area contributed by atoms with Crippen molar-refractivity contribution in [1.82, 2.24) is 4.90 Å². The highest BCUT2D eigenvalue weighted by atomic mass is 16.4. The topological polar surface area (TPSA) is 63.6 Å². The predicted molar refractivity (Wildman–Crippen MR) is 78.0 cm³/mol. The second-order valence-electron chi connectivity index (χ2n) is 4.89. The van der Waals surface area contributed by atoms with Gasteiger partial charge in [-0.3, -0.25) is 4.90 Å². The van der Waals surface area contributed by atoms with Crippen molar-refractivity contribution in [3.05, 3.63) is 71.8 Å². The van der Waals surface area contributed by atoms with E-state index in [1.54, 1.807) is 4.90 Å². The standard InChI is InChI=1S/C17H19NO3/c19-13-16(17(20)21)18(11-14-7-3-1-4-8-14)12-15-9-5-2-6-10-15/h1-10,16,19H,11-13H2,(H,20,21)/p-1. The minimum atomic E-state index is -1.26. The molecule has 0 fully saturated rings. The third kappa shape index (κ3) is 4.41. The molecular weight excluding hydrogens is 266 g/mol. The van der Waals surface area contributed by atoms with Crippen LogP contribution in [0.25, 0.3) is 0 Å². The normalized spacial score (nSPS) is 12.3. The summed E-state index contributed by atoms with van der Waals surface area (Å²) in [6.07, 6.45) is 0. The van der Waals surface area contributed by atoms with Crippen molar-refractivity contribution >= 4 is 5.97 Å². The zero-order valence-corrected chi connectivity index (χ0v) is 11.7. The smallest absolute Gasteiger partial charge is 0.0733 e. The van der Waals surface area contributed by atoms with E-state index in [1.165, 1.54) is 0 Å². The lowest BCUT2D eigenvalue weighted by atomic mass is 10.1. The van der Waals surface area contributed by atoms with Gasteiger partial charge in [0.05, 0.1) is 18.6 Å². The van der Waals surface area contributed by atoms with E-state index in [2.05, 4.69) is 0 Å². The third-order valence-electron chi connectivity index (χ3n) is 3.34. The highest BCUT2D eigenvalue weighted by molar-refractivity contribution is 5.71.